The lowest BCUT2D eigenvalue weighted by Crippen LogP contribution is -2.13. The second kappa shape index (κ2) is 9.20. The molecule has 0 radical (unpaired) electrons. The van der Waals surface area contributed by atoms with Crippen LogP contribution in [0.15, 0.2) is 103 Å². The van der Waals surface area contributed by atoms with Gasteiger partial charge in [0.1, 0.15) is 11.5 Å². The molecular weight excluding hydrogens is 420 g/mol. The molecular formula is C30H24N2O2. The first-order valence-corrected chi connectivity index (χ1v) is 11.2. The third-order valence-corrected chi connectivity index (χ3v) is 5.62. The second-order valence-corrected chi connectivity index (χ2v) is 8.34. The minimum Gasteiger partial charge on any atom is -0.457 e. The Morgan fingerprint density at radius 3 is 2.26 bits per heavy atom. The highest BCUT2D eigenvalue weighted by Crippen LogP contribution is 2.28. The number of nitrogens with zero attached hydrogens (tertiary/aromatic N) is 1. The molecule has 1 heterocycles. The van der Waals surface area contributed by atoms with Gasteiger partial charge in [0.15, 0.2) is 0 Å². The lowest BCUT2D eigenvalue weighted by molar-refractivity contribution is 0.102. The molecule has 1 N–H and O–H groups in total. The first kappa shape index (κ1) is 21.4. The first-order valence-electron chi connectivity index (χ1n) is 11.2. The summed E-state index contributed by atoms with van der Waals surface area (Å²) in [5, 5.41) is 3.86. The number of rotatable bonds is 5. The number of nitrogens with one attached hydrogen (secondary N) is 1. The molecule has 0 saturated carbocycles. The summed E-state index contributed by atoms with van der Waals surface area (Å²) in [6.07, 6.45) is 0. The summed E-state index contributed by atoms with van der Waals surface area (Å²) in [7, 11) is 0. The zero-order chi connectivity index (χ0) is 23.5. The van der Waals surface area contributed by atoms with Crippen molar-refractivity contribution in [2.75, 3.05) is 5.32 Å². The lowest BCUT2D eigenvalue weighted by atomic mass is 10.0. The van der Waals surface area contributed by atoms with Crippen LogP contribution in [0.1, 0.15) is 21.5 Å². The van der Waals surface area contributed by atoms with E-state index in [2.05, 4.69) is 5.32 Å². The van der Waals surface area contributed by atoms with Gasteiger partial charge >= 0.3 is 0 Å². The number of pyridine rings is 1. The number of hydrogen-bond donors (Lipinski definition) is 1. The number of ether oxygens (including phenoxy) is 1. The van der Waals surface area contributed by atoms with Gasteiger partial charge < -0.3 is 10.1 Å². The Morgan fingerprint density at radius 2 is 1.50 bits per heavy atom. The molecule has 0 aliphatic rings. The lowest BCUT2D eigenvalue weighted by Gasteiger charge is -2.12. The highest BCUT2D eigenvalue weighted by atomic mass is 16.5. The van der Waals surface area contributed by atoms with E-state index in [0.717, 1.165) is 39.0 Å². The summed E-state index contributed by atoms with van der Waals surface area (Å²) in [5.41, 5.74) is 6.03. The van der Waals surface area contributed by atoms with E-state index in [1.165, 1.54) is 0 Å². The van der Waals surface area contributed by atoms with Crippen molar-refractivity contribution in [1.82, 2.24) is 4.98 Å². The summed E-state index contributed by atoms with van der Waals surface area (Å²) in [4.78, 5) is 18.2. The highest BCUT2D eigenvalue weighted by molar-refractivity contribution is 6.13. The topological polar surface area (TPSA) is 51.2 Å². The van der Waals surface area contributed by atoms with Crippen LogP contribution in [0.3, 0.4) is 0 Å². The molecule has 5 aromatic rings. The van der Waals surface area contributed by atoms with Crippen molar-refractivity contribution in [2.24, 2.45) is 0 Å². The van der Waals surface area contributed by atoms with Crippen LogP contribution in [-0.2, 0) is 0 Å². The quantitative estimate of drug-likeness (QED) is 0.304. The third-order valence-electron chi connectivity index (χ3n) is 5.62. The number of hydrogen-bond acceptors (Lipinski definition) is 3. The van der Waals surface area contributed by atoms with Crippen molar-refractivity contribution in [2.45, 2.75) is 13.8 Å². The molecule has 4 nitrogen and oxygen atoms in total. The number of benzene rings is 4. The van der Waals surface area contributed by atoms with Crippen molar-refractivity contribution >= 4 is 22.5 Å². The normalized spacial score (nSPS) is 10.8. The maximum absolute atomic E-state index is 13.4. The van der Waals surface area contributed by atoms with Crippen LogP contribution in [0.5, 0.6) is 11.5 Å². The number of aromatic nitrogens is 1. The summed E-state index contributed by atoms with van der Waals surface area (Å²) in [5.74, 6) is 1.31. The summed E-state index contributed by atoms with van der Waals surface area (Å²) < 4.78 is 5.92. The zero-order valence-electron chi connectivity index (χ0n) is 19.1. The van der Waals surface area contributed by atoms with E-state index in [1.54, 1.807) is 0 Å². The number of anilines is 1. The van der Waals surface area contributed by atoms with Crippen LogP contribution in [0.4, 0.5) is 5.69 Å². The summed E-state index contributed by atoms with van der Waals surface area (Å²) in [6.45, 7) is 4.04. The molecule has 0 atom stereocenters. The predicted octanol–water partition coefficient (Wildman–Crippen LogP) is 7.56. The van der Waals surface area contributed by atoms with Crippen LogP contribution < -0.4 is 10.1 Å². The summed E-state index contributed by atoms with van der Waals surface area (Å²) in [6, 6.07) is 33.0. The number of carbonyl (C=O) groups is 1. The maximum atomic E-state index is 13.4. The minimum absolute atomic E-state index is 0.178. The van der Waals surface area contributed by atoms with E-state index in [1.807, 2.05) is 117 Å². The fourth-order valence-electron chi connectivity index (χ4n) is 3.90. The molecule has 34 heavy (non-hydrogen) atoms. The fourth-order valence-corrected chi connectivity index (χ4v) is 3.90. The molecule has 0 bridgehead atoms. The van der Waals surface area contributed by atoms with Crippen molar-refractivity contribution < 1.29 is 9.53 Å². The van der Waals surface area contributed by atoms with Crippen molar-refractivity contribution in [3.8, 4) is 22.8 Å². The van der Waals surface area contributed by atoms with E-state index in [9.17, 15) is 4.79 Å². The van der Waals surface area contributed by atoms with Crippen LogP contribution in [0, 0.1) is 13.8 Å². The monoisotopic (exact) mass is 444 g/mol. The van der Waals surface area contributed by atoms with Crippen molar-refractivity contribution in [1.29, 1.82) is 0 Å². The van der Waals surface area contributed by atoms with Gasteiger partial charge in [0.05, 0.1) is 16.8 Å². The van der Waals surface area contributed by atoms with Crippen molar-refractivity contribution in [3.05, 3.63) is 120 Å². The van der Waals surface area contributed by atoms with Crippen LogP contribution in [0.2, 0.25) is 0 Å². The number of aryl methyl sites for hydroxylation is 2. The van der Waals surface area contributed by atoms with E-state index in [4.69, 9.17) is 9.72 Å². The van der Waals surface area contributed by atoms with Crippen LogP contribution in [0.25, 0.3) is 22.2 Å². The van der Waals surface area contributed by atoms with Gasteiger partial charge in [-0.25, -0.2) is 4.98 Å². The van der Waals surface area contributed by atoms with Crippen molar-refractivity contribution in [3.63, 3.8) is 0 Å². The van der Waals surface area contributed by atoms with Gasteiger partial charge in [-0.2, -0.15) is 0 Å². The van der Waals surface area contributed by atoms with E-state index >= 15 is 0 Å². The number of carbonyl (C=O) groups excluding carboxylic acids is 1. The van der Waals surface area contributed by atoms with Gasteiger partial charge in [-0.15, -0.1) is 0 Å². The smallest absolute Gasteiger partial charge is 0.256 e. The summed E-state index contributed by atoms with van der Waals surface area (Å²) >= 11 is 0. The Labute approximate surface area is 198 Å². The Hall–Kier alpha value is -4.44. The Morgan fingerprint density at radius 1 is 0.735 bits per heavy atom. The third kappa shape index (κ3) is 4.66. The highest BCUT2D eigenvalue weighted by Gasteiger charge is 2.15. The van der Waals surface area contributed by atoms with Crippen LogP contribution in [-0.4, -0.2) is 10.9 Å². The predicted molar refractivity (Wildman–Crippen MR) is 138 cm³/mol. The molecule has 0 fully saturated rings. The van der Waals surface area contributed by atoms with Crippen LogP contribution >= 0.6 is 0 Å². The Balaban J connectivity index is 1.43. The van der Waals surface area contributed by atoms with E-state index in [0.29, 0.717) is 17.0 Å². The Bertz CT molecular complexity index is 1480. The van der Waals surface area contributed by atoms with Gasteiger partial charge in [0.25, 0.3) is 5.91 Å². The number of fused-ring (bicyclic) bond motifs is 1. The Kier molecular flexibility index (Phi) is 5.79. The van der Waals surface area contributed by atoms with E-state index < -0.39 is 0 Å². The molecule has 0 aliphatic heterocycles. The zero-order valence-corrected chi connectivity index (χ0v) is 19.1. The molecule has 166 valence electrons. The molecule has 0 spiro atoms. The number of amides is 1. The van der Waals surface area contributed by atoms with E-state index in [-0.39, 0.29) is 5.91 Å². The molecule has 4 heteroatoms. The van der Waals surface area contributed by atoms with Gasteiger partial charge in [-0.05, 0) is 74.0 Å². The average Bonchev–Trinajstić information content (AvgIpc) is 2.85. The van der Waals surface area contributed by atoms with Gasteiger partial charge in [0.2, 0.25) is 0 Å². The SMILES string of the molecule is Cc1cccc(Oc2ccc(NC(=O)c3cc(-c4ccccc4)nc4ccc(C)cc34)cc2)c1. The standard InChI is InChI=1S/C30H24N2O2/c1-20-7-6-10-25(17-20)34-24-14-12-23(13-15-24)31-30(33)27-19-29(22-8-4-3-5-9-22)32-28-16-11-21(2)18-26(27)28/h3-19H,1-2H3,(H,31,33). The minimum atomic E-state index is -0.178. The fraction of sp³-hybridized carbons (Fsp3) is 0.0667. The molecule has 1 aromatic heterocycles. The molecule has 0 aliphatic carbocycles. The maximum Gasteiger partial charge on any atom is 0.256 e. The molecule has 5 rings (SSSR count). The average molecular weight is 445 g/mol. The van der Waals surface area contributed by atoms with Gasteiger partial charge in [-0.3, -0.25) is 4.79 Å². The van der Waals surface area contributed by atoms with Gasteiger partial charge in [0, 0.05) is 16.6 Å². The largest absolute Gasteiger partial charge is 0.457 e. The molecule has 0 unspecified atom stereocenters. The molecule has 4 aromatic carbocycles. The van der Waals surface area contributed by atoms with Gasteiger partial charge in [-0.1, -0.05) is 54.1 Å². The first-order chi connectivity index (χ1) is 16.5. The molecule has 0 saturated heterocycles. The second-order valence-electron chi connectivity index (χ2n) is 8.34. The molecule has 1 amide bonds.